The number of rotatable bonds is 4. The second-order valence-electron chi connectivity index (χ2n) is 5.02. The minimum Gasteiger partial charge on any atom is -0.313 e. The van der Waals surface area contributed by atoms with E-state index in [-0.39, 0.29) is 41.5 Å². The first-order valence-electron chi connectivity index (χ1n) is 7.26. The average molecular weight is 503 g/mol. The van der Waals surface area contributed by atoms with Crippen LogP contribution in [-0.2, 0) is 0 Å². The van der Waals surface area contributed by atoms with Crippen molar-refractivity contribution in [2.24, 2.45) is 0 Å². The van der Waals surface area contributed by atoms with Crippen molar-refractivity contribution in [2.45, 2.75) is 0 Å². The molecule has 4 N–H and O–H groups in total. The minimum atomic E-state index is -0.619. The third-order valence-corrected chi connectivity index (χ3v) is 5.10. The molecule has 0 heterocycles. The highest BCUT2D eigenvalue weighted by atomic mass is 35.5. The van der Waals surface area contributed by atoms with E-state index in [1.807, 2.05) is 0 Å². The Morgan fingerprint density at radius 3 is 1.25 bits per heavy atom. The van der Waals surface area contributed by atoms with Crippen LogP contribution in [0.25, 0.3) is 0 Å². The summed E-state index contributed by atoms with van der Waals surface area (Å²) >= 11 is 35.3. The van der Waals surface area contributed by atoms with Gasteiger partial charge in [-0.3, -0.25) is 0 Å². The zero-order chi connectivity index (χ0) is 20.8. The van der Waals surface area contributed by atoms with Crippen LogP contribution in [-0.4, -0.2) is 12.1 Å². The fourth-order valence-electron chi connectivity index (χ4n) is 1.79. The van der Waals surface area contributed by atoms with Gasteiger partial charge < -0.3 is 21.3 Å². The van der Waals surface area contributed by atoms with Crippen molar-refractivity contribution in [3.63, 3.8) is 0 Å². The Hall–Kier alpha value is -1.54. The molecule has 0 aromatic heterocycles. The van der Waals surface area contributed by atoms with Gasteiger partial charge in [-0.25, -0.2) is 9.59 Å². The number of halogens is 6. The number of hydrogen-bond donors (Lipinski definition) is 4. The molecule has 0 bridgehead atoms. The molecule has 0 saturated heterocycles. The lowest BCUT2D eigenvalue weighted by atomic mass is 10.3. The van der Waals surface area contributed by atoms with Gasteiger partial charge in [0, 0.05) is 12.4 Å². The van der Waals surface area contributed by atoms with E-state index in [1.54, 1.807) is 0 Å². The first-order chi connectivity index (χ1) is 13.2. The van der Waals surface area contributed by atoms with Crippen molar-refractivity contribution in [3.8, 4) is 0 Å². The highest BCUT2D eigenvalue weighted by molar-refractivity contribution is 6.44. The number of nitrogens with one attached hydrogen (secondary N) is 4. The van der Waals surface area contributed by atoms with Crippen molar-refractivity contribution in [1.29, 1.82) is 0 Å². The van der Waals surface area contributed by atoms with Gasteiger partial charge in [-0.2, -0.15) is 0 Å². The lowest BCUT2D eigenvalue weighted by Gasteiger charge is -2.09. The molecule has 4 amide bonds. The number of carbonyl (C=O) groups excluding carboxylic acids is 2. The van der Waals surface area contributed by atoms with Crippen LogP contribution < -0.4 is 21.3 Å². The maximum Gasteiger partial charge on any atom is 0.323 e. The Balaban J connectivity index is 1.85. The molecule has 0 aliphatic heterocycles. The molecule has 2 aromatic carbocycles. The van der Waals surface area contributed by atoms with E-state index in [0.29, 0.717) is 0 Å². The summed E-state index contributed by atoms with van der Waals surface area (Å²) in [6.45, 7) is 0. The van der Waals surface area contributed by atoms with Gasteiger partial charge in [-0.15, -0.1) is 0 Å². The Kier molecular flexibility index (Phi) is 8.37. The van der Waals surface area contributed by atoms with Gasteiger partial charge in [0.25, 0.3) is 0 Å². The van der Waals surface area contributed by atoms with E-state index in [1.165, 1.54) is 36.7 Å². The van der Waals surface area contributed by atoms with Crippen LogP contribution in [0.5, 0.6) is 0 Å². The number of urea groups is 2. The SMILES string of the molecule is O=C(NC=CNC(=O)Nc1cc(Cl)c(Cl)cc1Cl)Nc1cc(Cl)c(Cl)cc1Cl. The quantitative estimate of drug-likeness (QED) is 0.339. The van der Waals surface area contributed by atoms with E-state index >= 15 is 0 Å². The van der Waals surface area contributed by atoms with Crippen molar-refractivity contribution < 1.29 is 9.59 Å². The third-order valence-electron chi connectivity index (χ3n) is 3.03. The zero-order valence-corrected chi connectivity index (χ0v) is 18.1. The summed E-state index contributed by atoms with van der Waals surface area (Å²) in [5, 5.41) is 11.1. The molecule has 6 nitrogen and oxygen atoms in total. The molecule has 0 atom stereocenters. The predicted molar refractivity (Wildman–Crippen MR) is 116 cm³/mol. The predicted octanol–water partition coefficient (Wildman–Crippen LogP) is 7.02. The van der Waals surface area contributed by atoms with Gasteiger partial charge in [0.15, 0.2) is 0 Å². The molecule has 28 heavy (non-hydrogen) atoms. The van der Waals surface area contributed by atoms with Gasteiger partial charge in [-0.05, 0) is 24.3 Å². The molecule has 2 rings (SSSR count). The summed E-state index contributed by atoms with van der Waals surface area (Å²) in [5.41, 5.74) is 0.531. The van der Waals surface area contributed by atoms with Gasteiger partial charge >= 0.3 is 12.1 Å². The molecule has 0 fully saturated rings. The molecule has 0 aliphatic carbocycles. The van der Waals surface area contributed by atoms with Crippen LogP contribution in [0.15, 0.2) is 36.7 Å². The zero-order valence-electron chi connectivity index (χ0n) is 13.5. The van der Waals surface area contributed by atoms with Gasteiger partial charge in [0.2, 0.25) is 0 Å². The first kappa shape index (κ1) is 22.7. The highest BCUT2D eigenvalue weighted by Crippen LogP contribution is 2.33. The van der Waals surface area contributed by atoms with E-state index < -0.39 is 12.1 Å². The summed E-state index contributed by atoms with van der Waals surface area (Å²) in [7, 11) is 0. The van der Waals surface area contributed by atoms with E-state index in [9.17, 15) is 9.59 Å². The van der Waals surface area contributed by atoms with Gasteiger partial charge in [-0.1, -0.05) is 69.6 Å². The van der Waals surface area contributed by atoms with Crippen molar-refractivity contribution in [3.05, 3.63) is 66.8 Å². The first-order valence-corrected chi connectivity index (χ1v) is 9.53. The van der Waals surface area contributed by atoms with Crippen molar-refractivity contribution >= 4 is 93.0 Å². The molecule has 2 aromatic rings. The third kappa shape index (κ3) is 6.51. The monoisotopic (exact) mass is 500 g/mol. The normalized spacial score (nSPS) is 10.6. The Morgan fingerprint density at radius 2 is 0.893 bits per heavy atom. The van der Waals surface area contributed by atoms with Crippen LogP contribution in [0, 0.1) is 0 Å². The van der Waals surface area contributed by atoms with E-state index in [2.05, 4.69) is 21.3 Å². The molecule has 0 aliphatic rings. The fourth-order valence-corrected chi connectivity index (χ4v) is 2.98. The number of benzene rings is 2. The minimum absolute atomic E-state index is 0.213. The summed E-state index contributed by atoms with van der Waals surface area (Å²) in [5.74, 6) is 0. The smallest absolute Gasteiger partial charge is 0.313 e. The Bertz CT molecular complexity index is 876. The van der Waals surface area contributed by atoms with Crippen LogP contribution in [0.2, 0.25) is 30.1 Å². The lowest BCUT2D eigenvalue weighted by Crippen LogP contribution is -2.27. The highest BCUT2D eigenvalue weighted by Gasteiger charge is 2.09. The van der Waals surface area contributed by atoms with Crippen LogP contribution in [0.3, 0.4) is 0 Å². The number of amides is 4. The van der Waals surface area contributed by atoms with Crippen LogP contribution in [0.1, 0.15) is 0 Å². The maximum atomic E-state index is 11.8. The Labute approximate surface area is 190 Å². The molecular weight excluding hydrogens is 493 g/mol. The molecule has 0 saturated carbocycles. The molecule has 12 heteroatoms. The van der Waals surface area contributed by atoms with E-state index in [4.69, 9.17) is 69.6 Å². The summed E-state index contributed by atoms with van der Waals surface area (Å²) < 4.78 is 0. The second kappa shape index (κ2) is 10.3. The number of anilines is 2. The summed E-state index contributed by atoms with van der Waals surface area (Å²) in [4.78, 5) is 23.7. The Morgan fingerprint density at radius 1 is 0.571 bits per heavy atom. The maximum absolute atomic E-state index is 11.8. The van der Waals surface area contributed by atoms with Gasteiger partial charge in [0.05, 0.1) is 41.5 Å². The molecule has 0 radical (unpaired) electrons. The van der Waals surface area contributed by atoms with Crippen molar-refractivity contribution in [1.82, 2.24) is 10.6 Å². The standard InChI is InChI=1S/C16H10Cl6N4O2/c17-7-3-11(21)13(5-9(7)19)25-15(27)23-1-2-24-16(28)26-14-6-10(20)8(18)4-12(14)22/h1-6H,(H2,23,25,27)(H2,24,26,28). The largest absolute Gasteiger partial charge is 0.323 e. The average Bonchev–Trinajstić information content (AvgIpc) is 2.61. The molecule has 0 spiro atoms. The molecule has 0 unspecified atom stereocenters. The molecule has 148 valence electrons. The number of carbonyl (C=O) groups is 2. The van der Waals surface area contributed by atoms with E-state index in [0.717, 1.165) is 0 Å². The van der Waals surface area contributed by atoms with Crippen LogP contribution >= 0.6 is 69.6 Å². The number of hydrogen-bond acceptors (Lipinski definition) is 2. The van der Waals surface area contributed by atoms with Crippen LogP contribution in [0.4, 0.5) is 21.0 Å². The fraction of sp³-hybridized carbons (Fsp3) is 0. The summed E-state index contributed by atoms with van der Waals surface area (Å²) in [6, 6.07) is 4.37. The second-order valence-corrected chi connectivity index (χ2v) is 7.47. The lowest BCUT2D eigenvalue weighted by molar-refractivity contribution is 0.253. The van der Waals surface area contributed by atoms with Crippen molar-refractivity contribution in [2.75, 3.05) is 10.6 Å². The van der Waals surface area contributed by atoms with Gasteiger partial charge in [0.1, 0.15) is 0 Å². The molecular formula is C16H10Cl6N4O2. The topological polar surface area (TPSA) is 82.3 Å². The summed E-state index contributed by atoms with van der Waals surface area (Å²) in [6.07, 6.45) is 2.38.